The van der Waals surface area contributed by atoms with E-state index in [0.29, 0.717) is 36.0 Å². The van der Waals surface area contributed by atoms with E-state index < -0.39 is 5.91 Å². The van der Waals surface area contributed by atoms with E-state index in [1.807, 2.05) is 45.0 Å². The smallest absolute Gasteiger partial charge is 0.266 e. The number of carbonyl (C=O) groups excluding carboxylic acids is 1. The highest BCUT2D eigenvalue weighted by atomic mass is 127. The fourth-order valence-electron chi connectivity index (χ4n) is 2.37. The quantitative estimate of drug-likeness (QED) is 0.349. The van der Waals surface area contributed by atoms with E-state index in [1.165, 1.54) is 0 Å². The number of aryl methyl sites for hydroxylation is 1. The van der Waals surface area contributed by atoms with Crippen LogP contribution in [0, 0.1) is 21.8 Å². The van der Waals surface area contributed by atoms with Crippen molar-refractivity contribution < 1.29 is 14.3 Å². The maximum absolute atomic E-state index is 12.4. The molecule has 0 spiro atoms. The van der Waals surface area contributed by atoms with Gasteiger partial charge in [-0.15, -0.1) is 0 Å². The van der Waals surface area contributed by atoms with E-state index in [9.17, 15) is 10.1 Å². The Morgan fingerprint density at radius 2 is 1.85 bits per heavy atom. The van der Waals surface area contributed by atoms with Crippen molar-refractivity contribution in [2.45, 2.75) is 20.8 Å². The molecule has 0 radical (unpaired) electrons. The number of hydrogen-bond donors (Lipinski definition) is 1. The molecule has 0 unspecified atom stereocenters. The molecule has 2 aromatic rings. The fraction of sp³-hybridized carbons (Fsp3) is 0.238. The average Bonchev–Trinajstić information content (AvgIpc) is 2.64. The summed E-state index contributed by atoms with van der Waals surface area (Å²) in [6.45, 7) is 6.77. The Bertz CT molecular complexity index is 884. The summed E-state index contributed by atoms with van der Waals surface area (Å²) < 4.78 is 12.1. The van der Waals surface area contributed by atoms with Gasteiger partial charge < -0.3 is 14.8 Å². The highest BCUT2D eigenvalue weighted by molar-refractivity contribution is 14.1. The van der Waals surface area contributed by atoms with Crippen LogP contribution in [0.15, 0.2) is 42.0 Å². The molecule has 0 aromatic heterocycles. The van der Waals surface area contributed by atoms with Crippen LogP contribution < -0.4 is 14.8 Å². The van der Waals surface area contributed by atoms with Gasteiger partial charge in [0.25, 0.3) is 5.91 Å². The Morgan fingerprint density at radius 3 is 2.44 bits per heavy atom. The summed E-state index contributed by atoms with van der Waals surface area (Å²) in [6.07, 6.45) is 1.55. The lowest BCUT2D eigenvalue weighted by molar-refractivity contribution is -0.112. The number of ether oxygens (including phenoxy) is 2. The van der Waals surface area contributed by atoms with Crippen LogP contribution in [-0.2, 0) is 4.79 Å². The molecule has 0 saturated carbocycles. The monoisotopic (exact) mass is 476 g/mol. The second-order valence-electron chi connectivity index (χ2n) is 5.69. The Labute approximate surface area is 173 Å². The van der Waals surface area contributed by atoms with Gasteiger partial charge in [-0.2, -0.15) is 5.26 Å². The number of amides is 1. The summed E-state index contributed by atoms with van der Waals surface area (Å²) in [5, 5.41) is 12.2. The van der Waals surface area contributed by atoms with Crippen LogP contribution in [-0.4, -0.2) is 19.1 Å². The molecule has 0 aliphatic carbocycles. The van der Waals surface area contributed by atoms with Gasteiger partial charge in [-0.1, -0.05) is 17.7 Å². The zero-order chi connectivity index (χ0) is 19.8. The second-order valence-corrected chi connectivity index (χ2v) is 6.85. The first-order valence-corrected chi connectivity index (χ1v) is 9.65. The molecular formula is C21H21IN2O3. The van der Waals surface area contributed by atoms with Crippen molar-refractivity contribution in [3.63, 3.8) is 0 Å². The van der Waals surface area contributed by atoms with Gasteiger partial charge in [-0.3, -0.25) is 4.79 Å². The third kappa shape index (κ3) is 5.73. The van der Waals surface area contributed by atoms with Crippen LogP contribution in [0.3, 0.4) is 0 Å². The average molecular weight is 476 g/mol. The van der Waals surface area contributed by atoms with Gasteiger partial charge in [-0.05, 0) is 79.3 Å². The maximum atomic E-state index is 12.4. The molecule has 2 rings (SSSR count). The van der Waals surface area contributed by atoms with Crippen molar-refractivity contribution in [3.8, 4) is 17.6 Å². The molecule has 2 aromatic carbocycles. The van der Waals surface area contributed by atoms with Crippen LogP contribution in [0.4, 0.5) is 5.69 Å². The number of halogens is 1. The highest BCUT2D eigenvalue weighted by Gasteiger charge is 2.14. The summed E-state index contributed by atoms with van der Waals surface area (Å²) in [4.78, 5) is 12.4. The number of carbonyl (C=O) groups is 1. The van der Waals surface area contributed by atoms with E-state index in [-0.39, 0.29) is 5.57 Å². The lowest BCUT2D eigenvalue weighted by Crippen LogP contribution is -2.13. The lowest BCUT2D eigenvalue weighted by Gasteiger charge is -2.13. The van der Waals surface area contributed by atoms with Crippen LogP contribution in [0.25, 0.3) is 6.08 Å². The molecule has 0 saturated heterocycles. The summed E-state index contributed by atoms with van der Waals surface area (Å²) >= 11 is 2.15. The molecule has 5 nitrogen and oxygen atoms in total. The van der Waals surface area contributed by atoms with E-state index in [4.69, 9.17) is 9.47 Å². The summed E-state index contributed by atoms with van der Waals surface area (Å²) in [6, 6.07) is 13.0. The fourth-order valence-corrected chi connectivity index (χ4v) is 3.15. The van der Waals surface area contributed by atoms with E-state index >= 15 is 0 Å². The minimum atomic E-state index is -0.455. The van der Waals surface area contributed by atoms with Crippen molar-refractivity contribution in [2.75, 3.05) is 18.5 Å². The molecule has 6 heteroatoms. The second kappa shape index (κ2) is 9.97. The van der Waals surface area contributed by atoms with Crippen LogP contribution in [0.1, 0.15) is 25.0 Å². The normalized spacial score (nSPS) is 10.9. The lowest BCUT2D eigenvalue weighted by atomic mass is 10.1. The highest BCUT2D eigenvalue weighted by Crippen LogP contribution is 2.35. The third-order valence-corrected chi connectivity index (χ3v) is 4.41. The predicted octanol–water partition coefficient (Wildman–Crippen LogP) is 4.94. The standard InChI is InChI=1S/C21H21IN2O3/c1-4-26-19-12-15(11-18(22)20(19)27-5-2)10-16(13-23)21(25)24-17-8-6-14(3)7-9-17/h6-12H,4-5H2,1-3H3,(H,24,25)/b16-10-. The first-order chi connectivity index (χ1) is 13.0. The molecule has 0 aliphatic heterocycles. The number of nitriles is 1. The Hall–Kier alpha value is -2.53. The number of anilines is 1. The molecule has 1 N–H and O–H groups in total. The van der Waals surface area contributed by atoms with Gasteiger partial charge in [0.2, 0.25) is 0 Å². The number of nitrogens with one attached hydrogen (secondary N) is 1. The van der Waals surface area contributed by atoms with Crippen LogP contribution in [0.2, 0.25) is 0 Å². The Morgan fingerprint density at radius 1 is 1.19 bits per heavy atom. The minimum Gasteiger partial charge on any atom is -0.490 e. The molecular weight excluding hydrogens is 455 g/mol. The predicted molar refractivity (Wildman–Crippen MR) is 115 cm³/mol. The van der Waals surface area contributed by atoms with Crippen molar-refractivity contribution in [1.29, 1.82) is 5.26 Å². The molecule has 27 heavy (non-hydrogen) atoms. The van der Waals surface area contributed by atoms with Gasteiger partial charge in [0, 0.05) is 5.69 Å². The Kier molecular flexibility index (Phi) is 7.67. The van der Waals surface area contributed by atoms with Crippen molar-refractivity contribution >= 4 is 40.3 Å². The molecule has 0 aliphatic rings. The molecule has 140 valence electrons. The van der Waals surface area contributed by atoms with E-state index in [2.05, 4.69) is 27.9 Å². The number of nitrogens with zero attached hydrogens (tertiary/aromatic N) is 1. The molecule has 0 atom stereocenters. The Balaban J connectivity index is 2.31. The van der Waals surface area contributed by atoms with E-state index in [1.54, 1.807) is 24.3 Å². The molecule has 0 heterocycles. The van der Waals surface area contributed by atoms with Gasteiger partial charge in [-0.25, -0.2) is 0 Å². The zero-order valence-corrected chi connectivity index (χ0v) is 17.7. The third-order valence-electron chi connectivity index (χ3n) is 3.61. The minimum absolute atomic E-state index is 0.0120. The van der Waals surface area contributed by atoms with Crippen molar-refractivity contribution in [2.24, 2.45) is 0 Å². The number of rotatable bonds is 7. The topological polar surface area (TPSA) is 71.3 Å². The van der Waals surface area contributed by atoms with E-state index in [0.717, 1.165) is 9.13 Å². The number of benzene rings is 2. The summed E-state index contributed by atoms with van der Waals surface area (Å²) in [5.74, 6) is 0.802. The van der Waals surface area contributed by atoms with Gasteiger partial charge in [0.15, 0.2) is 11.5 Å². The van der Waals surface area contributed by atoms with Crippen molar-refractivity contribution in [3.05, 3.63) is 56.7 Å². The molecule has 1 amide bonds. The zero-order valence-electron chi connectivity index (χ0n) is 15.5. The summed E-state index contributed by atoms with van der Waals surface area (Å²) in [5.41, 5.74) is 2.44. The molecule has 0 fully saturated rings. The van der Waals surface area contributed by atoms with Gasteiger partial charge in [0.05, 0.1) is 16.8 Å². The number of hydrogen-bond acceptors (Lipinski definition) is 4. The van der Waals surface area contributed by atoms with Gasteiger partial charge >= 0.3 is 0 Å². The largest absolute Gasteiger partial charge is 0.490 e. The van der Waals surface area contributed by atoms with Crippen LogP contribution >= 0.6 is 22.6 Å². The van der Waals surface area contributed by atoms with Gasteiger partial charge in [0.1, 0.15) is 11.6 Å². The first kappa shape index (κ1) is 20.8. The first-order valence-electron chi connectivity index (χ1n) is 8.57. The molecule has 0 bridgehead atoms. The SMILES string of the molecule is CCOc1cc(/C=C(/C#N)C(=O)Nc2ccc(C)cc2)cc(I)c1OCC. The van der Waals surface area contributed by atoms with Crippen molar-refractivity contribution in [1.82, 2.24) is 0 Å². The summed E-state index contributed by atoms with van der Waals surface area (Å²) in [7, 11) is 0. The maximum Gasteiger partial charge on any atom is 0.266 e. The van der Waals surface area contributed by atoms with Crippen LogP contribution in [0.5, 0.6) is 11.5 Å².